The Hall–Kier alpha value is -3.39. The van der Waals surface area contributed by atoms with Crippen molar-refractivity contribution in [2.24, 2.45) is 11.1 Å². The summed E-state index contributed by atoms with van der Waals surface area (Å²) in [6.45, 7) is 3.47. The summed E-state index contributed by atoms with van der Waals surface area (Å²) in [6.07, 6.45) is 6.60. The summed E-state index contributed by atoms with van der Waals surface area (Å²) in [6, 6.07) is 13.9. The van der Waals surface area contributed by atoms with Crippen molar-refractivity contribution in [3.63, 3.8) is 0 Å². The smallest absolute Gasteiger partial charge is 0.335 e. The summed E-state index contributed by atoms with van der Waals surface area (Å²) in [4.78, 5) is 22.0. The van der Waals surface area contributed by atoms with E-state index in [1.54, 1.807) is 7.11 Å². The molecule has 0 spiro atoms. The number of oxime groups is 1. The van der Waals surface area contributed by atoms with E-state index in [-0.39, 0.29) is 5.97 Å². The van der Waals surface area contributed by atoms with Crippen molar-refractivity contribution in [1.29, 1.82) is 0 Å². The van der Waals surface area contributed by atoms with E-state index in [0.717, 1.165) is 46.6 Å². The zero-order valence-corrected chi connectivity index (χ0v) is 21.3. The highest BCUT2D eigenvalue weighted by Gasteiger charge is 2.24. The first-order valence-electron chi connectivity index (χ1n) is 12.6. The summed E-state index contributed by atoms with van der Waals surface area (Å²) in [7, 11) is 2.97. The number of carbonyl (C=O) groups is 1. The van der Waals surface area contributed by atoms with E-state index in [4.69, 9.17) is 24.0 Å². The first kappa shape index (κ1) is 25.7. The summed E-state index contributed by atoms with van der Waals surface area (Å²) >= 11 is 0. The van der Waals surface area contributed by atoms with Gasteiger partial charge in [-0.1, -0.05) is 30.1 Å². The highest BCUT2D eigenvalue weighted by Crippen LogP contribution is 2.29. The fraction of sp³-hybridized carbons (Fsp3) is 0.464. The van der Waals surface area contributed by atoms with Crippen LogP contribution in [-0.4, -0.2) is 54.8 Å². The zero-order chi connectivity index (χ0) is 25.3. The molecule has 1 fully saturated rings. The Bertz CT molecular complexity index is 1170. The Morgan fingerprint density at radius 1 is 1.11 bits per heavy atom. The first-order chi connectivity index (χ1) is 17.6. The average Bonchev–Trinajstić information content (AvgIpc) is 3.58. The van der Waals surface area contributed by atoms with E-state index >= 15 is 0 Å². The number of methoxy groups -OCH3 is 1. The minimum Gasteiger partial charge on any atom is -0.492 e. The molecule has 36 heavy (non-hydrogen) atoms. The van der Waals surface area contributed by atoms with Gasteiger partial charge in [0.25, 0.3) is 0 Å². The van der Waals surface area contributed by atoms with E-state index in [1.165, 1.54) is 20.0 Å². The maximum atomic E-state index is 11.9. The number of fused-ring (bicyclic) bond motifs is 1. The van der Waals surface area contributed by atoms with Crippen molar-refractivity contribution in [3.05, 3.63) is 59.9 Å². The molecule has 1 aliphatic carbocycles. The normalized spacial score (nSPS) is 15.2. The molecule has 2 aromatic heterocycles. The van der Waals surface area contributed by atoms with Crippen molar-refractivity contribution < 1.29 is 23.8 Å². The molecule has 8 heteroatoms. The molecule has 3 aromatic rings. The van der Waals surface area contributed by atoms with E-state index < -0.39 is 6.10 Å². The van der Waals surface area contributed by atoms with Gasteiger partial charge in [-0.25, -0.2) is 9.78 Å². The van der Waals surface area contributed by atoms with E-state index in [1.807, 2.05) is 43.5 Å². The SMILES string of the molecule is CCOC(Cc1ccc(OCCn2ccc3ccc(/C(=N\OC)C4CCCC4)nc32)cc1)C(=O)OC. The maximum Gasteiger partial charge on any atom is 0.335 e. The molecule has 0 radical (unpaired) electrons. The fourth-order valence-corrected chi connectivity index (χ4v) is 4.75. The van der Waals surface area contributed by atoms with Crippen LogP contribution in [0.4, 0.5) is 0 Å². The van der Waals surface area contributed by atoms with Crippen LogP contribution in [-0.2, 0) is 32.1 Å². The minimum atomic E-state index is -0.603. The van der Waals surface area contributed by atoms with Crippen LogP contribution < -0.4 is 4.74 Å². The summed E-state index contributed by atoms with van der Waals surface area (Å²) < 4.78 is 18.4. The van der Waals surface area contributed by atoms with Crippen LogP contribution >= 0.6 is 0 Å². The van der Waals surface area contributed by atoms with E-state index in [2.05, 4.69) is 21.9 Å². The lowest BCUT2D eigenvalue weighted by atomic mass is 9.98. The number of hydrogen-bond donors (Lipinski definition) is 0. The highest BCUT2D eigenvalue weighted by atomic mass is 16.6. The van der Waals surface area contributed by atoms with Gasteiger partial charge in [-0.2, -0.15) is 0 Å². The van der Waals surface area contributed by atoms with Gasteiger partial charge in [-0.05, 0) is 55.7 Å². The van der Waals surface area contributed by atoms with Crippen LogP contribution in [0, 0.1) is 5.92 Å². The monoisotopic (exact) mass is 493 g/mol. The Morgan fingerprint density at radius 2 is 1.89 bits per heavy atom. The molecule has 0 amide bonds. The largest absolute Gasteiger partial charge is 0.492 e. The molecule has 1 atom stereocenters. The second-order valence-electron chi connectivity index (χ2n) is 8.92. The number of hydrogen-bond acceptors (Lipinski definition) is 7. The average molecular weight is 494 g/mol. The van der Waals surface area contributed by atoms with Gasteiger partial charge in [0.2, 0.25) is 0 Å². The van der Waals surface area contributed by atoms with E-state index in [0.29, 0.717) is 32.1 Å². The molecule has 2 heterocycles. The summed E-state index contributed by atoms with van der Waals surface area (Å²) in [5.41, 5.74) is 3.72. The van der Waals surface area contributed by atoms with Crippen LogP contribution in [0.3, 0.4) is 0 Å². The lowest BCUT2D eigenvalue weighted by Gasteiger charge is -2.15. The Labute approximate surface area is 212 Å². The standard InChI is InChI=1S/C28H35N3O5/c1-4-35-25(28(32)33-2)19-20-9-12-23(13-10-20)36-18-17-31-16-15-22-11-14-24(29-27(22)31)26(30-34-3)21-7-5-6-8-21/h9-16,21,25H,4-8,17-19H2,1-3H3/b30-26-. The van der Waals surface area contributed by atoms with Gasteiger partial charge in [0.05, 0.1) is 19.3 Å². The van der Waals surface area contributed by atoms with Crippen LogP contribution in [0.5, 0.6) is 5.75 Å². The number of ether oxygens (including phenoxy) is 3. The predicted octanol–water partition coefficient (Wildman–Crippen LogP) is 4.78. The number of aromatic nitrogens is 2. The molecule has 0 aliphatic heterocycles. The number of pyridine rings is 1. The summed E-state index contributed by atoms with van der Waals surface area (Å²) in [5, 5.41) is 5.42. The van der Waals surface area contributed by atoms with Gasteiger partial charge in [0.15, 0.2) is 6.10 Å². The van der Waals surface area contributed by atoms with Gasteiger partial charge in [0, 0.05) is 30.5 Å². The molecule has 0 saturated heterocycles. The molecule has 1 aromatic carbocycles. The van der Waals surface area contributed by atoms with Crippen molar-refractivity contribution in [2.45, 2.75) is 51.7 Å². The van der Waals surface area contributed by atoms with E-state index in [9.17, 15) is 4.79 Å². The Kier molecular flexibility index (Phi) is 8.95. The van der Waals surface area contributed by atoms with Gasteiger partial charge < -0.3 is 23.6 Å². The quantitative estimate of drug-likeness (QED) is 0.205. The molecule has 1 aliphatic rings. The lowest BCUT2D eigenvalue weighted by Crippen LogP contribution is -2.28. The number of rotatable bonds is 12. The lowest BCUT2D eigenvalue weighted by molar-refractivity contribution is -0.153. The Balaban J connectivity index is 1.38. The molecule has 0 N–H and O–H groups in total. The number of esters is 1. The third-order valence-electron chi connectivity index (χ3n) is 6.58. The molecule has 1 saturated carbocycles. The van der Waals surface area contributed by atoms with Crippen LogP contribution in [0.1, 0.15) is 43.9 Å². The van der Waals surface area contributed by atoms with Crippen molar-refractivity contribution in [1.82, 2.24) is 9.55 Å². The maximum absolute atomic E-state index is 11.9. The minimum absolute atomic E-state index is 0.364. The number of nitrogens with zero attached hydrogens (tertiary/aromatic N) is 3. The van der Waals surface area contributed by atoms with Crippen molar-refractivity contribution in [3.8, 4) is 5.75 Å². The number of carbonyl (C=O) groups excluding carboxylic acids is 1. The Morgan fingerprint density at radius 3 is 2.58 bits per heavy atom. The molecule has 192 valence electrons. The fourth-order valence-electron chi connectivity index (χ4n) is 4.75. The molecule has 4 rings (SSSR count). The molecule has 1 unspecified atom stereocenters. The van der Waals surface area contributed by atoms with Gasteiger partial charge in [-0.3, -0.25) is 0 Å². The second-order valence-corrected chi connectivity index (χ2v) is 8.92. The van der Waals surface area contributed by atoms with Crippen molar-refractivity contribution in [2.75, 3.05) is 27.4 Å². The summed E-state index contributed by atoms with van der Waals surface area (Å²) in [5.74, 6) is 0.809. The topological polar surface area (TPSA) is 84.2 Å². The molecule has 8 nitrogen and oxygen atoms in total. The molecular weight excluding hydrogens is 458 g/mol. The number of benzene rings is 1. The predicted molar refractivity (Wildman–Crippen MR) is 138 cm³/mol. The third-order valence-corrected chi connectivity index (χ3v) is 6.58. The molecular formula is C28H35N3O5. The molecule has 0 bridgehead atoms. The first-order valence-corrected chi connectivity index (χ1v) is 12.6. The van der Waals surface area contributed by atoms with Gasteiger partial charge >= 0.3 is 5.97 Å². The van der Waals surface area contributed by atoms with Crippen LogP contribution in [0.2, 0.25) is 0 Å². The zero-order valence-electron chi connectivity index (χ0n) is 21.3. The van der Waals surface area contributed by atoms with Crippen molar-refractivity contribution >= 4 is 22.7 Å². The van der Waals surface area contributed by atoms with Gasteiger partial charge in [-0.15, -0.1) is 0 Å². The van der Waals surface area contributed by atoms with Crippen LogP contribution in [0.15, 0.2) is 53.8 Å². The van der Waals surface area contributed by atoms with Crippen LogP contribution in [0.25, 0.3) is 11.0 Å². The second kappa shape index (κ2) is 12.5. The third kappa shape index (κ3) is 6.23. The van der Waals surface area contributed by atoms with Gasteiger partial charge in [0.1, 0.15) is 30.8 Å². The highest BCUT2D eigenvalue weighted by molar-refractivity contribution is 6.01.